The summed E-state index contributed by atoms with van der Waals surface area (Å²) in [7, 11) is -3.37. The molecular formula is C19H23N3O3S. The summed E-state index contributed by atoms with van der Waals surface area (Å²) >= 11 is 0. The van der Waals surface area contributed by atoms with Crippen molar-refractivity contribution in [3.63, 3.8) is 0 Å². The quantitative estimate of drug-likeness (QED) is 0.872. The zero-order valence-corrected chi connectivity index (χ0v) is 15.4. The summed E-state index contributed by atoms with van der Waals surface area (Å²) in [6, 6.07) is 18.7. The Bertz CT molecular complexity index is 818. The maximum Gasteiger partial charge on any atom is 0.317 e. The van der Waals surface area contributed by atoms with E-state index < -0.39 is 10.0 Å². The molecule has 0 unspecified atom stereocenters. The van der Waals surface area contributed by atoms with Crippen LogP contribution in [-0.2, 0) is 22.3 Å². The molecule has 2 aromatic carbocycles. The lowest BCUT2D eigenvalue weighted by atomic mass is 10.2. The Kier molecular flexibility index (Phi) is 5.90. The molecule has 6 nitrogen and oxygen atoms in total. The van der Waals surface area contributed by atoms with Crippen LogP contribution >= 0.6 is 0 Å². The van der Waals surface area contributed by atoms with Crippen molar-refractivity contribution in [2.24, 2.45) is 0 Å². The Morgan fingerprint density at radius 3 is 1.96 bits per heavy atom. The number of rotatable bonds is 5. The Hall–Kier alpha value is -2.38. The summed E-state index contributed by atoms with van der Waals surface area (Å²) in [6.45, 7) is 1.91. The highest BCUT2D eigenvalue weighted by molar-refractivity contribution is 7.88. The Morgan fingerprint density at radius 2 is 1.38 bits per heavy atom. The number of carbonyl (C=O) groups excluding carboxylic acids is 1. The number of piperazine rings is 1. The second kappa shape index (κ2) is 8.33. The van der Waals surface area contributed by atoms with Gasteiger partial charge in [0.05, 0.1) is 5.75 Å². The lowest BCUT2D eigenvalue weighted by Crippen LogP contribution is -2.53. The molecule has 0 bridgehead atoms. The van der Waals surface area contributed by atoms with E-state index in [2.05, 4.69) is 5.32 Å². The number of benzene rings is 2. The summed E-state index contributed by atoms with van der Waals surface area (Å²) in [4.78, 5) is 13.9. The smallest absolute Gasteiger partial charge is 0.317 e. The van der Waals surface area contributed by atoms with Crippen molar-refractivity contribution in [1.82, 2.24) is 14.5 Å². The van der Waals surface area contributed by atoms with Gasteiger partial charge in [-0.3, -0.25) is 0 Å². The average Bonchev–Trinajstić information content (AvgIpc) is 2.67. The molecule has 0 saturated carbocycles. The molecule has 0 radical (unpaired) electrons. The fourth-order valence-electron chi connectivity index (χ4n) is 2.93. The number of urea groups is 1. The molecule has 2 aromatic rings. The van der Waals surface area contributed by atoms with Gasteiger partial charge in [-0.05, 0) is 11.1 Å². The second-order valence-electron chi connectivity index (χ2n) is 6.27. The molecule has 1 aliphatic rings. The van der Waals surface area contributed by atoms with Crippen molar-refractivity contribution in [3.8, 4) is 0 Å². The van der Waals surface area contributed by atoms with Gasteiger partial charge in [0.2, 0.25) is 10.0 Å². The minimum atomic E-state index is -3.37. The van der Waals surface area contributed by atoms with Gasteiger partial charge in [-0.1, -0.05) is 60.7 Å². The van der Waals surface area contributed by atoms with Gasteiger partial charge in [-0.2, -0.15) is 4.31 Å². The summed E-state index contributed by atoms with van der Waals surface area (Å²) in [5, 5.41) is 2.88. The van der Waals surface area contributed by atoms with Crippen molar-refractivity contribution >= 4 is 16.1 Å². The van der Waals surface area contributed by atoms with Gasteiger partial charge in [-0.15, -0.1) is 0 Å². The maximum absolute atomic E-state index is 12.5. The van der Waals surface area contributed by atoms with Crippen molar-refractivity contribution in [1.29, 1.82) is 0 Å². The SMILES string of the molecule is O=C(NCc1ccccc1)N1CCN(S(=O)(=O)Cc2ccccc2)CC1. The van der Waals surface area contributed by atoms with Crippen LogP contribution in [0, 0.1) is 0 Å². The van der Waals surface area contributed by atoms with Crippen molar-refractivity contribution < 1.29 is 13.2 Å². The minimum absolute atomic E-state index is 0.00591. The predicted molar refractivity (Wildman–Crippen MR) is 101 cm³/mol. The molecule has 0 aliphatic carbocycles. The first-order valence-corrected chi connectivity index (χ1v) is 10.2. The van der Waals surface area contributed by atoms with E-state index in [0.29, 0.717) is 32.7 Å². The Morgan fingerprint density at radius 1 is 0.846 bits per heavy atom. The first-order valence-electron chi connectivity index (χ1n) is 8.63. The van der Waals surface area contributed by atoms with Gasteiger partial charge in [0.15, 0.2) is 0 Å². The van der Waals surface area contributed by atoms with Gasteiger partial charge in [0.25, 0.3) is 0 Å². The second-order valence-corrected chi connectivity index (χ2v) is 8.24. The van der Waals surface area contributed by atoms with E-state index in [1.165, 1.54) is 4.31 Å². The van der Waals surface area contributed by atoms with Crippen LogP contribution in [0.4, 0.5) is 4.79 Å². The van der Waals surface area contributed by atoms with E-state index >= 15 is 0 Å². The van der Waals surface area contributed by atoms with Gasteiger partial charge in [0, 0.05) is 32.7 Å². The molecule has 7 heteroatoms. The largest absolute Gasteiger partial charge is 0.334 e. The van der Waals surface area contributed by atoms with Gasteiger partial charge in [0.1, 0.15) is 0 Å². The van der Waals surface area contributed by atoms with E-state index in [-0.39, 0.29) is 11.8 Å². The summed E-state index contributed by atoms with van der Waals surface area (Å²) < 4.78 is 26.6. The summed E-state index contributed by atoms with van der Waals surface area (Å²) in [6.07, 6.45) is 0. The van der Waals surface area contributed by atoms with Crippen LogP contribution in [0.1, 0.15) is 11.1 Å². The molecule has 1 fully saturated rings. The van der Waals surface area contributed by atoms with Gasteiger partial charge < -0.3 is 10.2 Å². The molecule has 0 spiro atoms. The molecule has 1 aliphatic heterocycles. The molecule has 138 valence electrons. The average molecular weight is 373 g/mol. The van der Waals surface area contributed by atoms with Crippen LogP contribution in [-0.4, -0.2) is 49.8 Å². The Labute approximate surface area is 154 Å². The van der Waals surface area contributed by atoms with E-state index in [4.69, 9.17) is 0 Å². The monoisotopic (exact) mass is 373 g/mol. The first-order chi connectivity index (χ1) is 12.5. The van der Waals surface area contributed by atoms with Crippen molar-refractivity contribution in [2.75, 3.05) is 26.2 Å². The van der Waals surface area contributed by atoms with Gasteiger partial charge in [-0.25, -0.2) is 13.2 Å². The third kappa shape index (κ3) is 4.83. The molecule has 1 heterocycles. The number of nitrogens with one attached hydrogen (secondary N) is 1. The Balaban J connectivity index is 1.49. The molecular weight excluding hydrogens is 350 g/mol. The standard InChI is InChI=1S/C19H23N3O3S/c23-19(20-15-17-7-3-1-4-8-17)21-11-13-22(14-12-21)26(24,25)16-18-9-5-2-6-10-18/h1-10H,11-16H2,(H,20,23). The number of sulfonamides is 1. The van der Waals surface area contributed by atoms with Crippen LogP contribution in [0.2, 0.25) is 0 Å². The summed E-state index contributed by atoms with van der Waals surface area (Å²) in [5.74, 6) is -0.00591. The number of hydrogen-bond donors (Lipinski definition) is 1. The number of nitrogens with zero attached hydrogens (tertiary/aromatic N) is 2. The number of carbonyl (C=O) groups is 1. The zero-order chi connectivity index (χ0) is 18.4. The fraction of sp³-hybridized carbons (Fsp3) is 0.316. The van der Waals surface area contributed by atoms with E-state index in [1.54, 1.807) is 4.90 Å². The van der Waals surface area contributed by atoms with Crippen LogP contribution in [0.5, 0.6) is 0 Å². The van der Waals surface area contributed by atoms with Gasteiger partial charge >= 0.3 is 6.03 Å². The molecule has 0 aromatic heterocycles. The maximum atomic E-state index is 12.5. The third-order valence-corrected chi connectivity index (χ3v) is 6.25. The molecule has 3 rings (SSSR count). The van der Waals surface area contributed by atoms with Crippen LogP contribution in [0.25, 0.3) is 0 Å². The minimum Gasteiger partial charge on any atom is -0.334 e. The van der Waals surface area contributed by atoms with Crippen LogP contribution < -0.4 is 5.32 Å². The van der Waals surface area contributed by atoms with E-state index in [0.717, 1.165) is 11.1 Å². The summed E-state index contributed by atoms with van der Waals surface area (Å²) in [5.41, 5.74) is 1.81. The van der Waals surface area contributed by atoms with Crippen molar-refractivity contribution in [2.45, 2.75) is 12.3 Å². The fourth-order valence-corrected chi connectivity index (χ4v) is 4.45. The third-order valence-electron chi connectivity index (χ3n) is 4.40. The van der Waals surface area contributed by atoms with Crippen LogP contribution in [0.15, 0.2) is 60.7 Å². The lowest BCUT2D eigenvalue weighted by molar-refractivity contribution is 0.172. The number of amides is 2. The topological polar surface area (TPSA) is 69.7 Å². The predicted octanol–water partition coefficient (Wildman–Crippen LogP) is 2.04. The van der Waals surface area contributed by atoms with E-state index in [9.17, 15) is 13.2 Å². The number of hydrogen-bond acceptors (Lipinski definition) is 3. The molecule has 1 N–H and O–H groups in total. The highest BCUT2D eigenvalue weighted by atomic mass is 32.2. The van der Waals surface area contributed by atoms with Crippen molar-refractivity contribution in [3.05, 3.63) is 71.8 Å². The zero-order valence-electron chi connectivity index (χ0n) is 14.5. The van der Waals surface area contributed by atoms with Crippen LogP contribution in [0.3, 0.4) is 0 Å². The van der Waals surface area contributed by atoms with E-state index in [1.807, 2.05) is 60.7 Å². The highest BCUT2D eigenvalue weighted by Crippen LogP contribution is 2.13. The first kappa shape index (κ1) is 18.4. The highest BCUT2D eigenvalue weighted by Gasteiger charge is 2.28. The lowest BCUT2D eigenvalue weighted by Gasteiger charge is -2.34. The molecule has 0 atom stereocenters. The molecule has 26 heavy (non-hydrogen) atoms. The molecule has 2 amide bonds. The normalized spacial score (nSPS) is 15.6. The molecule has 1 saturated heterocycles.